The van der Waals surface area contributed by atoms with Gasteiger partial charge < -0.3 is 9.97 Å². The molecule has 0 aliphatic heterocycles. The monoisotopic (exact) mass is 270 g/mol. The van der Waals surface area contributed by atoms with Crippen LogP contribution >= 0.6 is 11.6 Å². The van der Waals surface area contributed by atoms with Crippen molar-refractivity contribution in [2.24, 2.45) is 0 Å². The molecule has 0 amide bonds. The van der Waals surface area contributed by atoms with Gasteiger partial charge in [-0.05, 0) is 35.9 Å². The van der Waals surface area contributed by atoms with E-state index in [1.807, 2.05) is 48.7 Å². The molecule has 0 aliphatic rings. The first-order chi connectivity index (χ1) is 9.28. The van der Waals surface area contributed by atoms with Gasteiger partial charge in [-0.1, -0.05) is 23.7 Å². The van der Waals surface area contributed by atoms with Gasteiger partial charge in [0.05, 0.1) is 17.1 Å². The van der Waals surface area contributed by atoms with Gasteiger partial charge in [0.2, 0.25) is 0 Å². The van der Waals surface area contributed by atoms with Crippen LogP contribution in [0.4, 0.5) is 0 Å². The molecule has 0 fully saturated rings. The van der Waals surface area contributed by atoms with Crippen molar-refractivity contribution in [3.05, 3.63) is 59.4 Å². The minimum absolute atomic E-state index is 0.562. The standard InChI is InChI=1S/C15H11ClN2O/c16-11-5-3-10(4-6-11)12-8-14(18-15(12)9-19)13-2-1-7-17-13/h1-9,17-18H. The Morgan fingerprint density at radius 3 is 2.47 bits per heavy atom. The third-order valence-electron chi connectivity index (χ3n) is 3.01. The average Bonchev–Trinajstić information content (AvgIpc) is 3.08. The lowest BCUT2D eigenvalue weighted by molar-refractivity contribution is 0.112. The van der Waals surface area contributed by atoms with Gasteiger partial charge in [-0.25, -0.2) is 0 Å². The summed E-state index contributed by atoms with van der Waals surface area (Å²) in [6.07, 6.45) is 2.68. The predicted octanol–water partition coefficient (Wildman–Crippen LogP) is 4.14. The van der Waals surface area contributed by atoms with Gasteiger partial charge in [0.25, 0.3) is 0 Å². The van der Waals surface area contributed by atoms with Crippen LogP contribution in [0.3, 0.4) is 0 Å². The fraction of sp³-hybridized carbons (Fsp3) is 0. The Morgan fingerprint density at radius 2 is 1.84 bits per heavy atom. The molecule has 4 heteroatoms. The summed E-state index contributed by atoms with van der Waals surface area (Å²) in [7, 11) is 0. The molecule has 2 N–H and O–H groups in total. The van der Waals surface area contributed by atoms with Crippen molar-refractivity contribution in [1.82, 2.24) is 9.97 Å². The maximum Gasteiger partial charge on any atom is 0.166 e. The van der Waals surface area contributed by atoms with Crippen LogP contribution in [0, 0.1) is 0 Å². The van der Waals surface area contributed by atoms with Gasteiger partial charge in [-0.3, -0.25) is 4.79 Å². The Balaban J connectivity index is 2.10. The molecule has 0 atom stereocenters. The van der Waals surface area contributed by atoms with Gasteiger partial charge in [-0.2, -0.15) is 0 Å². The first kappa shape index (κ1) is 11.8. The second-order valence-corrected chi connectivity index (χ2v) is 4.66. The van der Waals surface area contributed by atoms with Crippen LogP contribution in [0.15, 0.2) is 48.7 Å². The van der Waals surface area contributed by atoms with Crippen molar-refractivity contribution in [2.75, 3.05) is 0 Å². The van der Waals surface area contributed by atoms with Gasteiger partial charge in [0.15, 0.2) is 6.29 Å². The highest BCUT2D eigenvalue weighted by atomic mass is 35.5. The number of aldehydes is 1. The number of hydrogen-bond donors (Lipinski definition) is 2. The summed E-state index contributed by atoms with van der Waals surface area (Å²) in [6, 6.07) is 13.2. The molecule has 0 radical (unpaired) electrons. The minimum Gasteiger partial charge on any atom is -0.360 e. The first-order valence-corrected chi connectivity index (χ1v) is 6.23. The third kappa shape index (κ3) is 2.20. The zero-order valence-corrected chi connectivity index (χ0v) is 10.7. The van der Waals surface area contributed by atoms with Gasteiger partial charge in [-0.15, -0.1) is 0 Å². The van der Waals surface area contributed by atoms with Crippen molar-refractivity contribution < 1.29 is 4.79 Å². The first-order valence-electron chi connectivity index (χ1n) is 5.86. The smallest absolute Gasteiger partial charge is 0.166 e. The number of H-pyrrole nitrogens is 2. The van der Waals surface area contributed by atoms with Crippen LogP contribution < -0.4 is 0 Å². The van der Waals surface area contributed by atoms with Crippen LogP contribution in [0.2, 0.25) is 5.02 Å². The molecule has 0 unspecified atom stereocenters. The second-order valence-electron chi connectivity index (χ2n) is 4.22. The third-order valence-corrected chi connectivity index (χ3v) is 3.26. The van der Waals surface area contributed by atoms with Crippen molar-refractivity contribution in [1.29, 1.82) is 0 Å². The maximum atomic E-state index is 11.2. The minimum atomic E-state index is 0.562. The average molecular weight is 271 g/mol. The van der Waals surface area contributed by atoms with Gasteiger partial charge >= 0.3 is 0 Å². The summed E-state index contributed by atoms with van der Waals surface area (Å²) in [5.74, 6) is 0. The number of aromatic amines is 2. The molecular formula is C15H11ClN2O. The molecule has 3 nitrogen and oxygen atoms in total. The molecule has 0 aliphatic carbocycles. The summed E-state index contributed by atoms with van der Waals surface area (Å²) in [5, 5.41) is 0.677. The molecule has 0 spiro atoms. The van der Waals surface area contributed by atoms with Crippen molar-refractivity contribution in [2.45, 2.75) is 0 Å². The SMILES string of the molecule is O=Cc1[nH]c(-c2ccc[nH]2)cc1-c1ccc(Cl)cc1. The van der Waals surface area contributed by atoms with Crippen LogP contribution in [0.5, 0.6) is 0 Å². The van der Waals surface area contributed by atoms with E-state index in [9.17, 15) is 4.79 Å². The maximum absolute atomic E-state index is 11.2. The summed E-state index contributed by atoms with van der Waals surface area (Å²) in [5.41, 5.74) is 4.23. The Morgan fingerprint density at radius 1 is 1.05 bits per heavy atom. The fourth-order valence-corrected chi connectivity index (χ4v) is 2.20. The van der Waals surface area contributed by atoms with E-state index < -0.39 is 0 Å². The predicted molar refractivity (Wildman–Crippen MR) is 76.4 cm³/mol. The fourth-order valence-electron chi connectivity index (χ4n) is 2.07. The van der Waals surface area contributed by atoms with Crippen LogP contribution in [-0.4, -0.2) is 16.3 Å². The largest absolute Gasteiger partial charge is 0.360 e. The summed E-state index contributed by atoms with van der Waals surface area (Å²) in [4.78, 5) is 17.4. The van der Waals surface area contributed by atoms with Gasteiger partial charge in [0.1, 0.15) is 0 Å². The highest BCUT2D eigenvalue weighted by molar-refractivity contribution is 6.30. The highest BCUT2D eigenvalue weighted by Crippen LogP contribution is 2.29. The zero-order chi connectivity index (χ0) is 13.2. The Hall–Kier alpha value is -2.26. The number of carbonyl (C=O) groups excluding carboxylic acids is 1. The number of carbonyl (C=O) groups is 1. The summed E-state index contributed by atoms with van der Waals surface area (Å²) >= 11 is 5.88. The van der Waals surface area contributed by atoms with Crippen LogP contribution in [0.25, 0.3) is 22.5 Å². The van der Waals surface area contributed by atoms with E-state index in [4.69, 9.17) is 11.6 Å². The van der Waals surface area contributed by atoms with E-state index in [2.05, 4.69) is 9.97 Å². The molecular weight excluding hydrogens is 260 g/mol. The lowest BCUT2D eigenvalue weighted by Gasteiger charge is -1.98. The van der Waals surface area contributed by atoms with Gasteiger partial charge in [0, 0.05) is 16.8 Å². The normalized spacial score (nSPS) is 10.6. The second kappa shape index (κ2) is 4.78. The quantitative estimate of drug-likeness (QED) is 0.690. The molecule has 3 rings (SSSR count). The molecule has 0 bridgehead atoms. The van der Waals surface area contributed by atoms with E-state index >= 15 is 0 Å². The number of nitrogens with one attached hydrogen (secondary N) is 2. The Labute approximate surface area is 115 Å². The van der Waals surface area contributed by atoms with E-state index in [-0.39, 0.29) is 0 Å². The number of halogens is 1. The summed E-state index contributed by atoms with van der Waals surface area (Å²) < 4.78 is 0. The molecule has 19 heavy (non-hydrogen) atoms. The zero-order valence-electron chi connectivity index (χ0n) is 9.98. The molecule has 94 valence electrons. The van der Waals surface area contributed by atoms with E-state index in [0.29, 0.717) is 10.7 Å². The lowest BCUT2D eigenvalue weighted by Crippen LogP contribution is -1.84. The Bertz CT molecular complexity index is 696. The van der Waals surface area contributed by atoms with Crippen LogP contribution in [-0.2, 0) is 0 Å². The number of aromatic nitrogens is 2. The van der Waals surface area contributed by atoms with Crippen molar-refractivity contribution in [3.8, 4) is 22.5 Å². The van der Waals surface area contributed by atoms with Crippen molar-refractivity contribution in [3.63, 3.8) is 0 Å². The number of rotatable bonds is 3. The molecule has 2 aromatic heterocycles. The molecule has 2 heterocycles. The number of benzene rings is 1. The Kier molecular flexibility index (Phi) is 2.97. The van der Waals surface area contributed by atoms with Crippen molar-refractivity contribution >= 4 is 17.9 Å². The number of hydrogen-bond acceptors (Lipinski definition) is 1. The van der Waals surface area contributed by atoms with E-state index in [0.717, 1.165) is 28.8 Å². The summed E-state index contributed by atoms with van der Waals surface area (Å²) in [6.45, 7) is 0. The lowest BCUT2D eigenvalue weighted by atomic mass is 10.1. The van der Waals surface area contributed by atoms with E-state index in [1.54, 1.807) is 0 Å². The highest BCUT2D eigenvalue weighted by Gasteiger charge is 2.11. The molecule has 0 saturated carbocycles. The molecule has 1 aromatic carbocycles. The molecule has 0 saturated heterocycles. The topological polar surface area (TPSA) is 48.6 Å². The molecule has 3 aromatic rings. The van der Waals surface area contributed by atoms with E-state index in [1.165, 1.54) is 0 Å². The van der Waals surface area contributed by atoms with Crippen LogP contribution in [0.1, 0.15) is 10.5 Å².